The number of rotatable bonds is 4. The van der Waals surface area contributed by atoms with Gasteiger partial charge in [0.15, 0.2) is 0 Å². The first-order chi connectivity index (χ1) is 11.8. The number of H-pyrrole nitrogens is 1. The van der Waals surface area contributed by atoms with Crippen molar-refractivity contribution in [3.63, 3.8) is 0 Å². The van der Waals surface area contributed by atoms with Crippen LogP contribution in [0.15, 0.2) is 42.7 Å². The molecule has 0 saturated carbocycles. The molecule has 0 aliphatic carbocycles. The number of nitrogens with one attached hydrogen (secondary N) is 2. The fourth-order valence-electron chi connectivity index (χ4n) is 3.01. The lowest BCUT2D eigenvalue weighted by atomic mass is 9.95. The van der Waals surface area contributed by atoms with Crippen LogP contribution < -0.4 is 5.32 Å². The zero-order valence-electron chi connectivity index (χ0n) is 13.0. The Balaban J connectivity index is 1.45. The molecule has 4 rings (SSSR count). The van der Waals surface area contributed by atoms with Gasteiger partial charge in [-0.05, 0) is 42.3 Å². The van der Waals surface area contributed by atoms with Gasteiger partial charge in [-0.2, -0.15) is 15.4 Å². The lowest BCUT2D eigenvalue weighted by molar-refractivity contribution is 0.0925. The first-order valence-electron chi connectivity index (χ1n) is 7.87. The minimum absolute atomic E-state index is 0.00123. The number of ether oxygens (including phenoxy) is 1. The number of carbonyl (C=O) groups is 1. The van der Waals surface area contributed by atoms with Crippen molar-refractivity contribution < 1.29 is 9.53 Å². The number of carbonyl (C=O) groups excluding carboxylic acids is 1. The molecule has 2 aromatic heterocycles. The summed E-state index contributed by atoms with van der Waals surface area (Å²) in [5.41, 5.74) is 3.19. The van der Waals surface area contributed by atoms with Gasteiger partial charge in [0.1, 0.15) is 11.0 Å². The number of aromatic amines is 1. The number of amides is 1. The fourth-order valence-corrected chi connectivity index (χ4v) is 3.01. The molecule has 1 fully saturated rings. The molecule has 3 heterocycles. The highest BCUT2D eigenvalue weighted by molar-refractivity contribution is 5.97. The standard InChI is InChI=1S/C17H17N5O2/c23-17(12-1-2-14-15(8-12)21-22-20-14)19-16-10-24-9-13(16)7-11-3-5-18-6-4-11/h1-6,8,13,16H,7,9-10H2,(H,19,23)(H,20,21,22)/t13-,16+/m1/s1. The van der Waals surface area contributed by atoms with E-state index in [9.17, 15) is 4.79 Å². The van der Waals surface area contributed by atoms with Crippen molar-refractivity contribution in [3.8, 4) is 0 Å². The highest BCUT2D eigenvalue weighted by Crippen LogP contribution is 2.20. The van der Waals surface area contributed by atoms with Crippen molar-refractivity contribution in [2.24, 2.45) is 5.92 Å². The van der Waals surface area contributed by atoms with Crippen LogP contribution in [0.2, 0.25) is 0 Å². The Morgan fingerprint density at radius 3 is 2.88 bits per heavy atom. The summed E-state index contributed by atoms with van der Waals surface area (Å²) in [5, 5.41) is 13.6. The van der Waals surface area contributed by atoms with Crippen LogP contribution in [-0.2, 0) is 11.2 Å². The highest BCUT2D eigenvalue weighted by atomic mass is 16.5. The van der Waals surface area contributed by atoms with E-state index in [1.165, 1.54) is 5.56 Å². The number of hydrogen-bond donors (Lipinski definition) is 2. The van der Waals surface area contributed by atoms with Crippen LogP contribution in [0.1, 0.15) is 15.9 Å². The average Bonchev–Trinajstić information content (AvgIpc) is 3.24. The number of nitrogens with zero attached hydrogens (tertiary/aromatic N) is 3. The summed E-state index contributed by atoms with van der Waals surface area (Å²) in [6.45, 7) is 1.18. The van der Waals surface area contributed by atoms with Crippen LogP contribution in [0, 0.1) is 5.92 Å². The van der Waals surface area contributed by atoms with E-state index in [0.29, 0.717) is 24.3 Å². The Morgan fingerprint density at radius 2 is 2.00 bits per heavy atom. The van der Waals surface area contributed by atoms with Gasteiger partial charge in [-0.1, -0.05) is 0 Å². The number of pyridine rings is 1. The molecule has 7 heteroatoms. The zero-order chi connectivity index (χ0) is 16.4. The molecule has 2 atom stereocenters. The highest BCUT2D eigenvalue weighted by Gasteiger charge is 2.30. The summed E-state index contributed by atoms with van der Waals surface area (Å²) in [4.78, 5) is 16.6. The number of benzene rings is 1. The SMILES string of the molecule is O=C(N[C@H]1COC[C@H]1Cc1ccncc1)c1ccc2n[nH]nc2c1. The third-order valence-corrected chi connectivity index (χ3v) is 4.34. The molecule has 122 valence electrons. The molecule has 0 unspecified atom stereocenters. The van der Waals surface area contributed by atoms with Gasteiger partial charge in [0, 0.05) is 23.9 Å². The Labute approximate surface area is 138 Å². The smallest absolute Gasteiger partial charge is 0.251 e. The molecule has 0 spiro atoms. The van der Waals surface area contributed by atoms with Gasteiger partial charge in [0.25, 0.3) is 5.91 Å². The summed E-state index contributed by atoms with van der Waals surface area (Å²) in [5.74, 6) is 0.141. The van der Waals surface area contributed by atoms with Crippen molar-refractivity contribution in [2.45, 2.75) is 12.5 Å². The Bertz CT molecular complexity index is 848. The van der Waals surface area contributed by atoms with E-state index >= 15 is 0 Å². The van der Waals surface area contributed by atoms with Crippen LogP contribution in [-0.4, -0.2) is 45.6 Å². The van der Waals surface area contributed by atoms with Gasteiger partial charge >= 0.3 is 0 Å². The summed E-state index contributed by atoms with van der Waals surface area (Å²) >= 11 is 0. The van der Waals surface area contributed by atoms with E-state index < -0.39 is 0 Å². The maximum atomic E-state index is 12.5. The van der Waals surface area contributed by atoms with Crippen molar-refractivity contribution in [1.82, 2.24) is 25.7 Å². The monoisotopic (exact) mass is 323 g/mol. The quantitative estimate of drug-likeness (QED) is 0.756. The molecule has 24 heavy (non-hydrogen) atoms. The van der Waals surface area contributed by atoms with Gasteiger partial charge < -0.3 is 10.1 Å². The first kappa shape index (κ1) is 14.8. The second-order valence-electron chi connectivity index (χ2n) is 5.96. The van der Waals surface area contributed by atoms with Gasteiger partial charge in [0.05, 0.1) is 19.3 Å². The maximum Gasteiger partial charge on any atom is 0.251 e. The lowest BCUT2D eigenvalue weighted by Crippen LogP contribution is -2.40. The lowest BCUT2D eigenvalue weighted by Gasteiger charge is -2.19. The summed E-state index contributed by atoms with van der Waals surface area (Å²) in [6, 6.07) is 9.27. The number of fused-ring (bicyclic) bond motifs is 1. The van der Waals surface area contributed by atoms with Crippen molar-refractivity contribution >= 4 is 16.9 Å². The summed E-state index contributed by atoms with van der Waals surface area (Å²) in [7, 11) is 0. The maximum absolute atomic E-state index is 12.5. The Morgan fingerprint density at radius 1 is 1.17 bits per heavy atom. The molecular formula is C17H17N5O2. The van der Waals surface area contributed by atoms with Crippen LogP contribution in [0.25, 0.3) is 11.0 Å². The molecule has 1 amide bonds. The molecule has 0 radical (unpaired) electrons. The van der Waals surface area contributed by atoms with E-state index in [-0.39, 0.29) is 17.9 Å². The average molecular weight is 323 g/mol. The fraction of sp³-hybridized carbons (Fsp3) is 0.294. The van der Waals surface area contributed by atoms with Crippen LogP contribution in [0.4, 0.5) is 0 Å². The molecule has 7 nitrogen and oxygen atoms in total. The van der Waals surface area contributed by atoms with Crippen molar-refractivity contribution in [3.05, 3.63) is 53.9 Å². The third-order valence-electron chi connectivity index (χ3n) is 4.34. The zero-order valence-corrected chi connectivity index (χ0v) is 13.0. The normalized spacial score (nSPS) is 20.3. The molecule has 2 N–H and O–H groups in total. The van der Waals surface area contributed by atoms with Gasteiger partial charge in [0.2, 0.25) is 0 Å². The second-order valence-corrected chi connectivity index (χ2v) is 5.96. The Kier molecular flexibility index (Phi) is 3.92. The van der Waals surface area contributed by atoms with Gasteiger partial charge in [-0.3, -0.25) is 9.78 Å². The number of aromatic nitrogens is 4. The minimum atomic E-state index is -0.116. The van der Waals surface area contributed by atoms with Gasteiger partial charge in [-0.25, -0.2) is 0 Å². The van der Waals surface area contributed by atoms with Crippen molar-refractivity contribution in [2.75, 3.05) is 13.2 Å². The van der Waals surface area contributed by atoms with E-state index in [2.05, 4.69) is 25.7 Å². The molecule has 0 bridgehead atoms. The largest absolute Gasteiger partial charge is 0.379 e. The molecular weight excluding hydrogens is 306 g/mol. The predicted molar refractivity (Wildman–Crippen MR) is 87.4 cm³/mol. The Hall–Kier alpha value is -2.80. The molecule has 1 saturated heterocycles. The van der Waals surface area contributed by atoms with E-state index in [4.69, 9.17) is 4.74 Å². The summed E-state index contributed by atoms with van der Waals surface area (Å²) < 4.78 is 5.58. The van der Waals surface area contributed by atoms with Crippen LogP contribution in [0.5, 0.6) is 0 Å². The molecule has 1 aliphatic rings. The molecule has 3 aromatic rings. The summed E-state index contributed by atoms with van der Waals surface area (Å²) in [6.07, 6.45) is 4.42. The van der Waals surface area contributed by atoms with Gasteiger partial charge in [-0.15, -0.1) is 0 Å². The minimum Gasteiger partial charge on any atom is -0.379 e. The second kappa shape index (κ2) is 6.37. The van der Waals surface area contributed by atoms with E-state index in [1.54, 1.807) is 30.6 Å². The topological polar surface area (TPSA) is 92.8 Å². The molecule has 1 aromatic carbocycles. The van der Waals surface area contributed by atoms with Crippen LogP contribution >= 0.6 is 0 Å². The van der Waals surface area contributed by atoms with Crippen molar-refractivity contribution in [1.29, 1.82) is 0 Å². The predicted octanol–water partition coefficient (Wildman–Crippen LogP) is 1.34. The van der Waals surface area contributed by atoms with E-state index in [1.807, 2.05) is 12.1 Å². The first-order valence-corrected chi connectivity index (χ1v) is 7.87. The molecule has 1 aliphatic heterocycles. The van der Waals surface area contributed by atoms with Crippen LogP contribution in [0.3, 0.4) is 0 Å². The van der Waals surface area contributed by atoms with E-state index in [0.717, 1.165) is 11.9 Å². The number of hydrogen-bond acceptors (Lipinski definition) is 5. The third kappa shape index (κ3) is 2.98.